The molecule has 4 heteroatoms. The Morgan fingerprint density at radius 2 is 1.94 bits per heavy atom. The van der Waals surface area contributed by atoms with E-state index in [-0.39, 0.29) is 19.0 Å². The van der Waals surface area contributed by atoms with Crippen molar-refractivity contribution in [2.24, 2.45) is 11.7 Å². The maximum Gasteiger partial charge on any atom is 0.307 e. The van der Waals surface area contributed by atoms with E-state index < -0.39 is 11.9 Å². The fraction of sp³-hybridized carbons (Fsp3) is 0.417. The molecule has 0 aliphatic carbocycles. The van der Waals surface area contributed by atoms with Crippen LogP contribution in [0.1, 0.15) is 18.4 Å². The summed E-state index contributed by atoms with van der Waals surface area (Å²) in [5.74, 6) is -1.18. The molecule has 90 valence electrons. The molecule has 0 fully saturated rings. The predicted molar refractivity (Wildman–Crippen MR) is 66.8 cm³/mol. The SMILES string of the molecule is Cl.NCC(CCCc1ccccc1)C(=O)O. The lowest BCUT2D eigenvalue weighted by Crippen LogP contribution is -2.23. The standard InChI is InChI=1S/C12H17NO2.ClH/c13-9-11(12(14)15)8-4-7-10-5-2-1-3-6-10;/h1-3,5-6,11H,4,7-9,13H2,(H,14,15);1H. The van der Waals surface area contributed by atoms with E-state index in [1.165, 1.54) is 5.56 Å². The third kappa shape index (κ3) is 5.14. The number of halogens is 1. The van der Waals surface area contributed by atoms with Crippen molar-refractivity contribution in [2.75, 3.05) is 6.54 Å². The van der Waals surface area contributed by atoms with E-state index in [0.29, 0.717) is 6.42 Å². The van der Waals surface area contributed by atoms with Crippen molar-refractivity contribution in [1.82, 2.24) is 0 Å². The van der Waals surface area contributed by atoms with Gasteiger partial charge in [0.2, 0.25) is 0 Å². The number of carboxylic acids is 1. The molecule has 0 aromatic heterocycles. The third-order valence-electron chi connectivity index (χ3n) is 2.49. The van der Waals surface area contributed by atoms with E-state index in [1.807, 2.05) is 18.2 Å². The summed E-state index contributed by atoms with van der Waals surface area (Å²) >= 11 is 0. The Balaban J connectivity index is 0.00000225. The van der Waals surface area contributed by atoms with Crippen LogP contribution in [-0.2, 0) is 11.2 Å². The molecular weight excluding hydrogens is 226 g/mol. The number of rotatable bonds is 6. The first-order valence-corrected chi connectivity index (χ1v) is 5.21. The van der Waals surface area contributed by atoms with Gasteiger partial charge in [0.15, 0.2) is 0 Å². The van der Waals surface area contributed by atoms with Crippen LogP contribution in [0.3, 0.4) is 0 Å². The van der Waals surface area contributed by atoms with Crippen LogP contribution in [0.5, 0.6) is 0 Å². The number of aliphatic carboxylic acids is 1. The topological polar surface area (TPSA) is 63.3 Å². The molecule has 3 N–H and O–H groups in total. The van der Waals surface area contributed by atoms with Crippen LogP contribution in [0.2, 0.25) is 0 Å². The highest BCUT2D eigenvalue weighted by Crippen LogP contribution is 2.10. The number of carboxylic acid groups (broad SMARTS) is 1. The van der Waals surface area contributed by atoms with Gasteiger partial charge in [0.25, 0.3) is 0 Å². The third-order valence-corrected chi connectivity index (χ3v) is 2.49. The normalized spacial score (nSPS) is 11.6. The number of carbonyl (C=O) groups is 1. The minimum Gasteiger partial charge on any atom is -0.481 e. The summed E-state index contributed by atoms with van der Waals surface area (Å²) in [7, 11) is 0. The molecule has 0 heterocycles. The summed E-state index contributed by atoms with van der Waals surface area (Å²) in [5, 5.41) is 8.79. The minimum atomic E-state index is -0.787. The average molecular weight is 244 g/mol. The smallest absolute Gasteiger partial charge is 0.307 e. The van der Waals surface area contributed by atoms with Crippen LogP contribution in [0.25, 0.3) is 0 Å². The van der Waals surface area contributed by atoms with Gasteiger partial charge in [0, 0.05) is 6.54 Å². The lowest BCUT2D eigenvalue weighted by atomic mass is 10.00. The first-order valence-electron chi connectivity index (χ1n) is 5.21. The van der Waals surface area contributed by atoms with E-state index in [1.54, 1.807) is 0 Å². The molecular formula is C12H18ClNO2. The molecule has 0 bridgehead atoms. The van der Waals surface area contributed by atoms with E-state index in [4.69, 9.17) is 10.8 Å². The molecule has 1 atom stereocenters. The van der Waals surface area contributed by atoms with Gasteiger partial charge in [-0.05, 0) is 24.8 Å². The molecule has 3 nitrogen and oxygen atoms in total. The average Bonchev–Trinajstić information content (AvgIpc) is 2.25. The predicted octanol–water partition coefficient (Wildman–Crippen LogP) is 2.09. The highest BCUT2D eigenvalue weighted by Gasteiger charge is 2.14. The van der Waals surface area contributed by atoms with Gasteiger partial charge in [-0.25, -0.2) is 0 Å². The van der Waals surface area contributed by atoms with Gasteiger partial charge in [-0.15, -0.1) is 12.4 Å². The largest absolute Gasteiger partial charge is 0.481 e. The molecule has 1 aromatic carbocycles. The van der Waals surface area contributed by atoms with Crippen LogP contribution >= 0.6 is 12.4 Å². The van der Waals surface area contributed by atoms with E-state index in [2.05, 4.69) is 12.1 Å². The zero-order valence-corrected chi connectivity index (χ0v) is 9.95. The molecule has 1 rings (SSSR count). The van der Waals surface area contributed by atoms with E-state index >= 15 is 0 Å². The van der Waals surface area contributed by atoms with Gasteiger partial charge >= 0.3 is 5.97 Å². The van der Waals surface area contributed by atoms with Gasteiger partial charge < -0.3 is 10.8 Å². The number of aryl methyl sites for hydroxylation is 1. The fourth-order valence-corrected chi connectivity index (χ4v) is 1.54. The fourth-order valence-electron chi connectivity index (χ4n) is 1.54. The summed E-state index contributed by atoms with van der Waals surface area (Å²) in [4.78, 5) is 10.7. The van der Waals surface area contributed by atoms with E-state index in [9.17, 15) is 4.79 Å². The molecule has 0 saturated heterocycles. The van der Waals surface area contributed by atoms with Crippen LogP contribution in [-0.4, -0.2) is 17.6 Å². The summed E-state index contributed by atoms with van der Waals surface area (Å²) in [6.45, 7) is 0.226. The Morgan fingerprint density at radius 3 is 2.44 bits per heavy atom. The zero-order valence-electron chi connectivity index (χ0n) is 9.13. The van der Waals surface area contributed by atoms with Crippen LogP contribution in [0.15, 0.2) is 30.3 Å². The van der Waals surface area contributed by atoms with Crippen molar-refractivity contribution in [1.29, 1.82) is 0 Å². The Hall–Kier alpha value is -1.06. The maximum atomic E-state index is 10.7. The number of benzene rings is 1. The Kier molecular flexibility index (Phi) is 7.60. The summed E-state index contributed by atoms with van der Waals surface area (Å²) in [5.41, 5.74) is 6.62. The van der Waals surface area contributed by atoms with Crippen molar-refractivity contribution in [3.8, 4) is 0 Å². The lowest BCUT2D eigenvalue weighted by Gasteiger charge is -2.08. The Morgan fingerprint density at radius 1 is 1.31 bits per heavy atom. The van der Waals surface area contributed by atoms with Gasteiger partial charge in [-0.2, -0.15) is 0 Å². The zero-order chi connectivity index (χ0) is 11.1. The second-order valence-electron chi connectivity index (χ2n) is 3.65. The molecule has 0 radical (unpaired) electrons. The molecule has 0 amide bonds. The summed E-state index contributed by atoms with van der Waals surface area (Å²) in [6, 6.07) is 10.1. The summed E-state index contributed by atoms with van der Waals surface area (Å²) < 4.78 is 0. The number of nitrogens with two attached hydrogens (primary N) is 1. The maximum absolute atomic E-state index is 10.7. The number of hydrogen-bond donors (Lipinski definition) is 2. The quantitative estimate of drug-likeness (QED) is 0.804. The van der Waals surface area contributed by atoms with Crippen LogP contribution < -0.4 is 5.73 Å². The van der Waals surface area contributed by atoms with Gasteiger partial charge in [0.1, 0.15) is 0 Å². The highest BCUT2D eigenvalue weighted by atomic mass is 35.5. The van der Waals surface area contributed by atoms with Gasteiger partial charge in [-0.1, -0.05) is 30.3 Å². The Labute approximate surface area is 102 Å². The second-order valence-corrected chi connectivity index (χ2v) is 3.65. The molecule has 0 spiro atoms. The first kappa shape index (κ1) is 14.9. The van der Waals surface area contributed by atoms with E-state index in [0.717, 1.165) is 12.8 Å². The minimum absolute atomic E-state index is 0. The van der Waals surface area contributed by atoms with Crippen molar-refractivity contribution in [3.63, 3.8) is 0 Å². The van der Waals surface area contributed by atoms with Gasteiger partial charge in [0.05, 0.1) is 5.92 Å². The molecule has 1 aromatic rings. The van der Waals surface area contributed by atoms with Crippen LogP contribution in [0, 0.1) is 5.92 Å². The molecule has 1 unspecified atom stereocenters. The molecule has 0 saturated carbocycles. The monoisotopic (exact) mass is 243 g/mol. The highest BCUT2D eigenvalue weighted by molar-refractivity contribution is 5.85. The first-order chi connectivity index (χ1) is 7.24. The van der Waals surface area contributed by atoms with Crippen molar-refractivity contribution in [3.05, 3.63) is 35.9 Å². The lowest BCUT2D eigenvalue weighted by molar-refractivity contribution is -0.141. The molecule has 16 heavy (non-hydrogen) atoms. The van der Waals surface area contributed by atoms with Crippen molar-refractivity contribution >= 4 is 18.4 Å². The molecule has 0 aliphatic heterocycles. The molecule has 0 aliphatic rings. The van der Waals surface area contributed by atoms with Crippen molar-refractivity contribution < 1.29 is 9.90 Å². The second kappa shape index (κ2) is 8.13. The van der Waals surface area contributed by atoms with Gasteiger partial charge in [-0.3, -0.25) is 4.79 Å². The number of hydrogen-bond acceptors (Lipinski definition) is 2. The van der Waals surface area contributed by atoms with Crippen LogP contribution in [0.4, 0.5) is 0 Å². The summed E-state index contributed by atoms with van der Waals surface area (Å²) in [6.07, 6.45) is 2.45. The van der Waals surface area contributed by atoms with Crippen molar-refractivity contribution in [2.45, 2.75) is 19.3 Å². The Bertz CT molecular complexity index is 303.